The number of hydrogen-bond donors (Lipinski definition) is 1. The average molecular weight is 261 g/mol. The van der Waals surface area contributed by atoms with Crippen LogP contribution in [0, 0.1) is 6.92 Å². The van der Waals surface area contributed by atoms with Crippen molar-refractivity contribution in [2.24, 2.45) is 5.73 Å². The van der Waals surface area contributed by atoms with E-state index in [2.05, 4.69) is 55.0 Å². The molecule has 1 aromatic carbocycles. The van der Waals surface area contributed by atoms with Crippen molar-refractivity contribution in [1.82, 2.24) is 9.80 Å². The van der Waals surface area contributed by atoms with Crippen LogP contribution in [-0.2, 0) is 6.54 Å². The van der Waals surface area contributed by atoms with Gasteiger partial charge in [-0.1, -0.05) is 29.8 Å². The molecular formula is C16H27N3. The number of aryl methyl sites for hydroxylation is 1. The summed E-state index contributed by atoms with van der Waals surface area (Å²) in [7, 11) is 2.21. The largest absolute Gasteiger partial charge is 0.329 e. The van der Waals surface area contributed by atoms with Crippen LogP contribution < -0.4 is 5.73 Å². The first-order chi connectivity index (χ1) is 9.10. The minimum atomic E-state index is 0.475. The van der Waals surface area contributed by atoms with E-state index in [0.717, 1.165) is 26.2 Å². The molecule has 1 aromatic rings. The first-order valence-electron chi connectivity index (χ1n) is 7.30. The third-order valence-corrected chi connectivity index (χ3v) is 4.40. The van der Waals surface area contributed by atoms with Crippen LogP contribution in [0.4, 0.5) is 0 Å². The summed E-state index contributed by atoms with van der Waals surface area (Å²) in [5.41, 5.74) is 8.66. The lowest BCUT2D eigenvalue weighted by molar-refractivity contribution is 0.178. The molecule has 0 aliphatic carbocycles. The monoisotopic (exact) mass is 261 g/mol. The highest BCUT2D eigenvalue weighted by Gasteiger charge is 2.25. The molecule has 2 rings (SSSR count). The summed E-state index contributed by atoms with van der Waals surface area (Å²) in [6, 6.07) is 9.97. The zero-order chi connectivity index (χ0) is 13.8. The van der Waals surface area contributed by atoms with Crippen LogP contribution >= 0.6 is 0 Å². The number of hydrogen-bond acceptors (Lipinski definition) is 3. The van der Waals surface area contributed by atoms with E-state index < -0.39 is 0 Å². The molecule has 2 N–H and O–H groups in total. The smallest absolute Gasteiger partial charge is 0.0345 e. The molecule has 2 atom stereocenters. The van der Waals surface area contributed by atoms with Crippen LogP contribution in [0.1, 0.15) is 24.5 Å². The third kappa shape index (κ3) is 3.78. The van der Waals surface area contributed by atoms with Crippen LogP contribution in [0.3, 0.4) is 0 Å². The van der Waals surface area contributed by atoms with E-state index >= 15 is 0 Å². The molecule has 1 saturated heterocycles. The standard InChI is InChI=1S/C16H27N3/c1-13-4-6-15(7-5-13)11-19-9-8-14(2)18(3)16(10-17)12-19/h4-7,14,16H,8-12,17H2,1-3H3. The Morgan fingerprint density at radius 3 is 2.58 bits per heavy atom. The van der Waals surface area contributed by atoms with Crippen molar-refractivity contribution >= 4 is 0 Å². The van der Waals surface area contributed by atoms with Gasteiger partial charge in [0.1, 0.15) is 0 Å². The van der Waals surface area contributed by atoms with E-state index in [-0.39, 0.29) is 0 Å². The summed E-state index contributed by atoms with van der Waals surface area (Å²) in [6.45, 7) is 8.46. The van der Waals surface area contributed by atoms with Gasteiger partial charge in [0.15, 0.2) is 0 Å². The minimum Gasteiger partial charge on any atom is -0.329 e. The summed E-state index contributed by atoms with van der Waals surface area (Å²) >= 11 is 0. The fourth-order valence-electron chi connectivity index (χ4n) is 2.79. The maximum atomic E-state index is 5.93. The molecule has 19 heavy (non-hydrogen) atoms. The second-order valence-corrected chi connectivity index (χ2v) is 5.91. The summed E-state index contributed by atoms with van der Waals surface area (Å²) in [4.78, 5) is 4.98. The maximum Gasteiger partial charge on any atom is 0.0345 e. The lowest BCUT2D eigenvalue weighted by Crippen LogP contribution is -2.46. The fourth-order valence-corrected chi connectivity index (χ4v) is 2.79. The molecule has 1 aliphatic heterocycles. The van der Waals surface area contributed by atoms with E-state index in [1.165, 1.54) is 17.5 Å². The van der Waals surface area contributed by atoms with Crippen molar-refractivity contribution in [2.75, 3.05) is 26.7 Å². The Hall–Kier alpha value is -0.900. The number of benzene rings is 1. The van der Waals surface area contributed by atoms with Crippen molar-refractivity contribution < 1.29 is 0 Å². The lowest BCUT2D eigenvalue weighted by Gasteiger charge is -2.30. The Bertz CT molecular complexity index is 387. The van der Waals surface area contributed by atoms with Gasteiger partial charge in [-0.15, -0.1) is 0 Å². The summed E-state index contributed by atoms with van der Waals surface area (Å²) in [5.74, 6) is 0. The van der Waals surface area contributed by atoms with Crippen LogP contribution in [0.15, 0.2) is 24.3 Å². The van der Waals surface area contributed by atoms with Gasteiger partial charge in [0.05, 0.1) is 0 Å². The van der Waals surface area contributed by atoms with Gasteiger partial charge < -0.3 is 5.73 Å². The van der Waals surface area contributed by atoms with E-state index in [0.29, 0.717) is 12.1 Å². The number of nitrogens with zero attached hydrogens (tertiary/aromatic N) is 2. The van der Waals surface area contributed by atoms with E-state index in [1.54, 1.807) is 0 Å². The zero-order valence-corrected chi connectivity index (χ0v) is 12.5. The van der Waals surface area contributed by atoms with Crippen molar-refractivity contribution in [1.29, 1.82) is 0 Å². The van der Waals surface area contributed by atoms with Gasteiger partial charge in [-0.2, -0.15) is 0 Å². The Morgan fingerprint density at radius 1 is 1.26 bits per heavy atom. The van der Waals surface area contributed by atoms with Gasteiger partial charge in [-0.25, -0.2) is 0 Å². The van der Waals surface area contributed by atoms with E-state index in [9.17, 15) is 0 Å². The summed E-state index contributed by atoms with van der Waals surface area (Å²) in [5, 5.41) is 0. The predicted molar refractivity (Wildman–Crippen MR) is 81.1 cm³/mol. The summed E-state index contributed by atoms with van der Waals surface area (Å²) < 4.78 is 0. The normalized spacial score (nSPS) is 26.3. The molecule has 0 radical (unpaired) electrons. The first kappa shape index (κ1) is 14.5. The number of rotatable bonds is 3. The molecule has 1 fully saturated rings. The molecule has 3 nitrogen and oxygen atoms in total. The predicted octanol–water partition coefficient (Wildman–Crippen LogP) is 1.85. The van der Waals surface area contributed by atoms with E-state index in [4.69, 9.17) is 5.73 Å². The topological polar surface area (TPSA) is 32.5 Å². The highest BCUT2D eigenvalue weighted by Crippen LogP contribution is 2.16. The Balaban J connectivity index is 2.01. The highest BCUT2D eigenvalue weighted by molar-refractivity contribution is 5.21. The van der Waals surface area contributed by atoms with Gasteiger partial charge in [-0.3, -0.25) is 9.80 Å². The number of likely N-dealkylation sites (N-methyl/N-ethyl adjacent to an activating group) is 1. The minimum absolute atomic E-state index is 0.475. The molecule has 1 heterocycles. The number of nitrogens with two attached hydrogens (primary N) is 1. The van der Waals surface area contributed by atoms with Crippen LogP contribution in [0.25, 0.3) is 0 Å². The quantitative estimate of drug-likeness (QED) is 0.901. The average Bonchev–Trinajstić information content (AvgIpc) is 2.54. The Labute approximate surface area is 117 Å². The Morgan fingerprint density at radius 2 is 1.95 bits per heavy atom. The van der Waals surface area contributed by atoms with Gasteiger partial charge >= 0.3 is 0 Å². The molecule has 3 heteroatoms. The second-order valence-electron chi connectivity index (χ2n) is 5.91. The molecule has 0 saturated carbocycles. The van der Waals surface area contributed by atoms with Gasteiger partial charge in [0, 0.05) is 38.3 Å². The highest BCUT2D eigenvalue weighted by atomic mass is 15.2. The van der Waals surface area contributed by atoms with E-state index in [1.807, 2.05) is 0 Å². The first-order valence-corrected chi connectivity index (χ1v) is 7.30. The lowest BCUT2D eigenvalue weighted by atomic mass is 10.1. The summed E-state index contributed by atoms with van der Waals surface area (Å²) in [6.07, 6.45) is 1.22. The SMILES string of the molecule is Cc1ccc(CN2CCC(C)N(C)C(CN)C2)cc1. The van der Waals surface area contributed by atoms with Gasteiger partial charge in [0.2, 0.25) is 0 Å². The van der Waals surface area contributed by atoms with Gasteiger partial charge in [0.25, 0.3) is 0 Å². The van der Waals surface area contributed by atoms with Crippen molar-refractivity contribution in [3.8, 4) is 0 Å². The molecule has 2 unspecified atom stereocenters. The molecule has 1 aliphatic rings. The Kier molecular flexibility index (Phi) is 4.97. The molecular weight excluding hydrogens is 234 g/mol. The van der Waals surface area contributed by atoms with Crippen LogP contribution in [-0.4, -0.2) is 48.6 Å². The maximum absolute atomic E-state index is 5.93. The zero-order valence-electron chi connectivity index (χ0n) is 12.5. The molecule has 106 valence electrons. The molecule has 0 aromatic heterocycles. The fraction of sp³-hybridized carbons (Fsp3) is 0.625. The molecule has 0 amide bonds. The molecule has 0 spiro atoms. The van der Waals surface area contributed by atoms with Crippen LogP contribution in [0.2, 0.25) is 0 Å². The van der Waals surface area contributed by atoms with Crippen molar-refractivity contribution in [2.45, 2.75) is 38.9 Å². The van der Waals surface area contributed by atoms with Crippen molar-refractivity contribution in [3.63, 3.8) is 0 Å². The van der Waals surface area contributed by atoms with Gasteiger partial charge in [-0.05, 0) is 32.9 Å². The van der Waals surface area contributed by atoms with Crippen LogP contribution in [0.5, 0.6) is 0 Å². The van der Waals surface area contributed by atoms with Crippen molar-refractivity contribution in [3.05, 3.63) is 35.4 Å². The molecule has 0 bridgehead atoms. The third-order valence-electron chi connectivity index (χ3n) is 4.40. The second kappa shape index (κ2) is 6.51.